The van der Waals surface area contributed by atoms with Crippen LogP contribution >= 0.6 is 0 Å². The minimum atomic E-state index is 0.389. The highest BCUT2D eigenvalue weighted by atomic mass is 16.5. The van der Waals surface area contributed by atoms with Gasteiger partial charge >= 0.3 is 0 Å². The summed E-state index contributed by atoms with van der Waals surface area (Å²) in [6.45, 7) is 7.13. The zero-order chi connectivity index (χ0) is 13.8. The van der Waals surface area contributed by atoms with Crippen LogP contribution in [0.1, 0.15) is 44.5 Å². The summed E-state index contributed by atoms with van der Waals surface area (Å²) in [6, 6.07) is 6.70. The van der Waals surface area contributed by atoms with E-state index in [1.54, 1.807) is 0 Å². The van der Waals surface area contributed by atoms with Crippen LogP contribution in [0.4, 0.5) is 0 Å². The van der Waals surface area contributed by atoms with Gasteiger partial charge in [-0.05, 0) is 50.6 Å². The third-order valence-electron chi connectivity index (χ3n) is 3.66. The van der Waals surface area contributed by atoms with Gasteiger partial charge in [0.2, 0.25) is 0 Å². The molecule has 0 aliphatic rings. The maximum Gasteiger partial charge on any atom is 0.120 e. The molecule has 104 valence electrons. The fourth-order valence-electron chi connectivity index (χ4n) is 2.73. The van der Waals surface area contributed by atoms with Gasteiger partial charge in [-0.25, -0.2) is 0 Å². The number of hydrogen-bond acceptors (Lipinski definition) is 2. The summed E-state index contributed by atoms with van der Waals surface area (Å²) in [5, 5.41) is 4.69. The van der Waals surface area contributed by atoms with E-state index in [4.69, 9.17) is 4.74 Å². The Bertz CT molecular complexity index is 541. The molecule has 2 rings (SSSR count). The second-order valence-electron chi connectivity index (χ2n) is 4.76. The van der Waals surface area contributed by atoms with Crippen LogP contribution in [-0.2, 0) is 6.42 Å². The molecule has 0 fully saturated rings. The second-order valence-corrected chi connectivity index (χ2v) is 4.76. The molecule has 3 nitrogen and oxygen atoms in total. The van der Waals surface area contributed by atoms with Gasteiger partial charge in [-0.3, -0.25) is 0 Å². The molecule has 0 aliphatic heterocycles. The van der Waals surface area contributed by atoms with Crippen LogP contribution in [0.5, 0.6) is 5.75 Å². The number of benzene rings is 1. The maximum atomic E-state index is 5.62. The molecule has 2 N–H and O–H groups in total. The van der Waals surface area contributed by atoms with Gasteiger partial charge < -0.3 is 15.0 Å². The van der Waals surface area contributed by atoms with E-state index in [-0.39, 0.29) is 0 Å². The number of fused-ring (bicyclic) bond motifs is 1. The number of hydrogen-bond donors (Lipinski definition) is 2. The average Bonchev–Trinajstić information content (AvgIpc) is 2.79. The Balaban J connectivity index is 2.59. The number of rotatable bonds is 6. The molecule has 1 unspecified atom stereocenters. The van der Waals surface area contributed by atoms with Crippen LogP contribution in [-0.4, -0.2) is 18.6 Å². The molecule has 19 heavy (non-hydrogen) atoms. The van der Waals surface area contributed by atoms with E-state index in [1.165, 1.54) is 22.2 Å². The quantitative estimate of drug-likeness (QED) is 0.829. The Morgan fingerprint density at radius 1 is 1.26 bits per heavy atom. The van der Waals surface area contributed by atoms with Gasteiger partial charge in [-0.1, -0.05) is 13.8 Å². The third-order valence-corrected chi connectivity index (χ3v) is 3.66. The summed E-state index contributed by atoms with van der Waals surface area (Å²) in [5.41, 5.74) is 3.91. The molecular weight excluding hydrogens is 236 g/mol. The van der Waals surface area contributed by atoms with Crippen LogP contribution in [0.15, 0.2) is 18.2 Å². The largest absolute Gasteiger partial charge is 0.494 e. The molecule has 1 aromatic heterocycles. The molecule has 0 amide bonds. The van der Waals surface area contributed by atoms with Crippen molar-refractivity contribution in [1.82, 2.24) is 10.3 Å². The molecule has 0 saturated carbocycles. The van der Waals surface area contributed by atoms with E-state index in [1.807, 2.05) is 20.0 Å². The molecule has 0 spiro atoms. The smallest absolute Gasteiger partial charge is 0.120 e. The Kier molecular flexibility index (Phi) is 4.48. The molecule has 0 radical (unpaired) electrons. The average molecular weight is 260 g/mol. The molecule has 3 heteroatoms. The number of H-pyrrole nitrogens is 1. The highest BCUT2D eigenvalue weighted by molar-refractivity contribution is 5.86. The maximum absolute atomic E-state index is 5.62. The zero-order valence-electron chi connectivity index (χ0n) is 12.3. The Hall–Kier alpha value is -1.48. The number of aromatic nitrogens is 1. The number of nitrogens with one attached hydrogen (secondary N) is 2. The van der Waals surface area contributed by atoms with Gasteiger partial charge in [0.05, 0.1) is 6.61 Å². The van der Waals surface area contributed by atoms with E-state index >= 15 is 0 Å². The first kappa shape index (κ1) is 13.9. The van der Waals surface area contributed by atoms with E-state index < -0.39 is 0 Å². The minimum Gasteiger partial charge on any atom is -0.494 e. The van der Waals surface area contributed by atoms with E-state index in [2.05, 4.69) is 36.3 Å². The number of ether oxygens (including phenoxy) is 1. The predicted octanol–water partition coefficient (Wildman–Crippen LogP) is 3.80. The Morgan fingerprint density at radius 2 is 2.05 bits per heavy atom. The van der Waals surface area contributed by atoms with Crippen molar-refractivity contribution in [2.24, 2.45) is 0 Å². The first-order valence-corrected chi connectivity index (χ1v) is 7.19. The van der Waals surface area contributed by atoms with E-state index in [9.17, 15) is 0 Å². The highest BCUT2D eigenvalue weighted by Gasteiger charge is 2.17. The summed E-state index contributed by atoms with van der Waals surface area (Å²) in [6.07, 6.45) is 2.10. The fourth-order valence-corrected chi connectivity index (χ4v) is 2.73. The molecule has 0 aliphatic carbocycles. The SMILES string of the molecule is CCOc1ccc2[nH]c(CC)c(C(CC)NC)c2c1. The van der Waals surface area contributed by atoms with Gasteiger partial charge in [-0.2, -0.15) is 0 Å². The first-order chi connectivity index (χ1) is 9.24. The molecule has 0 saturated heterocycles. The molecule has 2 aromatic rings. The van der Waals surface area contributed by atoms with E-state index in [0.29, 0.717) is 12.6 Å². The van der Waals surface area contributed by atoms with Crippen LogP contribution in [0, 0.1) is 0 Å². The summed E-state index contributed by atoms with van der Waals surface area (Å²) < 4.78 is 5.62. The van der Waals surface area contributed by atoms with Crippen molar-refractivity contribution in [2.75, 3.05) is 13.7 Å². The fraction of sp³-hybridized carbons (Fsp3) is 0.500. The van der Waals surface area contributed by atoms with Gasteiger partial charge in [0.1, 0.15) is 5.75 Å². The van der Waals surface area contributed by atoms with Crippen molar-refractivity contribution in [3.63, 3.8) is 0 Å². The van der Waals surface area contributed by atoms with Crippen molar-refractivity contribution in [2.45, 2.75) is 39.7 Å². The lowest BCUT2D eigenvalue weighted by Crippen LogP contribution is -2.16. The number of aryl methyl sites for hydroxylation is 1. The lowest BCUT2D eigenvalue weighted by molar-refractivity contribution is 0.340. The van der Waals surface area contributed by atoms with Crippen LogP contribution < -0.4 is 10.1 Å². The van der Waals surface area contributed by atoms with Crippen molar-refractivity contribution < 1.29 is 4.74 Å². The zero-order valence-corrected chi connectivity index (χ0v) is 12.3. The monoisotopic (exact) mass is 260 g/mol. The molecular formula is C16H24N2O. The molecule has 1 heterocycles. The Labute approximate surface area is 115 Å². The van der Waals surface area contributed by atoms with Crippen molar-refractivity contribution in [3.05, 3.63) is 29.5 Å². The van der Waals surface area contributed by atoms with E-state index in [0.717, 1.165) is 18.6 Å². The Morgan fingerprint density at radius 3 is 2.63 bits per heavy atom. The van der Waals surface area contributed by atoms with Crippen LogP contribution in [0.2, 0.25) is 0 Å². The molecule has 1 atom stereocenters. The summed E-state index contributed by atoms with van der Waals surface area (Å²) in [5.74, 6) is 0.948. The van der Waals surface area contributed by atoms with Crippen molar-refractivity contribution >= 4 is 10.9 Å². The molecule has 1 aromatic carbocycles. The second kappa shape index (κ2) is 6.11. The number of aromatic amines is 1. The summed E-state index contributed by atoms with van der Waals surface area (Å²) >= 11 is 0. The predicted molar refractivity (Wildman–Crippen MR) is 80.9 cm³/mol. The molecule has 0 bridgehead atoms. The minimum absolute atomic E-state index is 0.389. The van der Waals surface area contributed by atoms with Crippen LogP contribution in [0.25, 0.3) is 10.9 Å². The van der Waals surface area contributed by atoms with Gasteiger partial charge in [0, 0.05) is 22.6 Å². The highest BCUT2D eigenvalue weighted by Crippen LogP contribution is 2.32. The van der Waals surface area contributed by atoms with Crippen molar-refractivity contribution in [3.8, 4) is 5.75 Å². The normalized spacial score (nSPS) is 12.8. The van der Waals surface area contributed by atoms with Gasteiger partial charge in [0.15, 0.2) is 0 Å². The topological polar surface area (TPSA) is 37.0 Å². The summed E-state index contributed by atoms with van der Waals surface area (Å²) in [4.78, 5) is 3.54. The lowest BCUT2D eigenvalue weighted by Gasteiger charge is -2.15. The van der Waals surface area contributed by atoms with Crippen LogP contribution in [0.3, 0.4) is 0 Å². The third kappa shape index (κ3) is 2.61. The lowest BCUT2D eigenvalue weighted by atomic mass is 9.99. The standard InChI is InChI=1S/C16H24N2O/c1-5-13(17-4)16-12-10-11(19-7-3)8-9-15(12)18-14(16)6-2/h8-10,13,17-18H,5-7H2,1-4H3. The van der Waals surface area contributed by atoms with Gasteiger partial charge in [-0.15, -0.1) is 0 Å². The summed E-state index contributed by atoms with van der Waals surface area (Å²) in [7, 11) is 2.03. The van der Waals surface area contributed by atoms with Gasteiger partial charge in [0.25, 0.3) is 0 Å². The van der Waals surface area contributed by atoms with Crippen molar-refractivity contribution in [1.29, 1.82) is 0 Å². The first-order valence-electron chi connectivity index (χ1n) is 7.19.